The molecule has 160 valence electrons. The highest BCUT2D eigenvalue weighted by Crippen LogP contribution is 2.39. The minimum Gasteiger partial charge on any atom is -0.504 e. The normalized spacial score (nSPS) is 11.1. The molecule has 4 aromatic rings. The van der Waals surface area contributed by atoms with Gasteiger partial charge in [-0.1, -0.05) is 71.7 Å². The van der Waals surface area contributed by atoms with E-state index in [1.807, 2.05) is 54.6 Å². The number of hydrazone groups is 1. The summed E-state index contributed by atoms with van der Waals surface area (Å²) in [5.74, 6) is -0.540. The minimum absolute atomic E-state index is 0.0868. The van der Waals surface area contributed by atoms with E-state index >= 15 is 0 Å². The number of hydrogen-bond acceptors (Lipinski definition) is 5. The SMILES string of the molecule is COc1cc(Cl)c(Cl)c(/C=N\NC(=O)c2cc(-c3ccccc3)nc3ccccc23)c1O. The molecule has 0 saturated heterocycles. The Hall–Kier alpha value is -3.61. The lowest BCUT2D eigenvalue weighted by molar-refractivity contribution is 0.0956. The highest BCUT2D eigenvalue weighted by atomic mass is 35.5. The van der Waals surface area contributed by atoms with E-state index in [-0.39, 0.29) is 27.1 Å². The molecule has 6 nitrogen and oxygen atoms in total. The summed E-state index contributed by atoms with van der Waals surface area (Å²) in [5.41, 5.74) is 5.25. The Kier molecular flexibility index (Phi) is 6.25. The Bertz CT molecular complexity index is 1340. The Labute approximate surface area is 194 Å². The number of pyridine rings is 1. The van der Waals surface area contributed by atoms with Crippen LogP contribution in [-0.4, -0.2) is 29.3 Å². The van der Waals surface area contributed by atoms with Gasteiger partial charge in [-0.25, -0.2) is 10.4 Å². The van der Waals surface area contributed by atoms with Crippen LogP contribution in [-0.2, 0) is 0 Å². The van der Waals surface area contributed by atoms with Crippen molar-refractivity contribution < 1.29 is 14.6 Å². The molecule has 0 fully saturated rings. The number of phenolic OH excluding ortho intramolecular Hbond substituents is 1. The van der Waals surface area contributed by atoms with Crippen LogP contribution in [0.5, 0.6) is 11.5 Å². The predicted molar refractivity (Wildman–Crippen MR) is 127 cm³/mol. The summed E-state index contributed by atoms with van der Waals surface area (Å²) < 4.78 is 5.07. The summed E-state index contributed by atoms with van der Waals surface area (Å²) in [6, 6.07) is 20.1. The zero-order valence-electron chi connectivity index (χ0n) is 16.8. The van der Waals surface area contributed by atoms with Crippen molar-refractivity contribution in [2.75, 3.05) is 7.11 Å². The number of aromatic hydroxyl groups is 1. The number of ether oxygens (including phenoxy) is 1. The summed E-state index contributed by atoms with van der Waals surface area (Å²) in [7, 11) is 1.39. The van der Waals surface area contributed by atoms with E-state index in [1.54, 1.807) is 6.07 Å². The number of rotatable bonds is 5. The number of benzene rings is 3. The number of aromatic nitrogens is 1. The van der Waals surface area contributed by atoms with Crippen LogP contribution in [0.3, 0.4) is 0 Å². The minimum atomic E-state index is -0.443. The van der Waals surface area contributed by atoms with E-state index < -0.39 is 5.91 Å². The highest BCUT2D eigenvalue weighted by Gasteiger charge is 2.16. The number of para-hydroxylation sites is 1. The van der Waals surface area contributed by atoms with Gasteiger partial charge < -0.3 is 9.84 Å². The maximum atomic E-state index is 13.0. The number of hydrogen-bond donors (Lipinski definition) is 2. The number of methoxy groups -OCH3 is 1. The summed E-state index contributed by atoms with van der Waals surface area (Å²) in [5, 5.41) is 15.2. The zero-order valence-corrected chi connectivity index (χ0v) is 18.4. The average Bonchev–Trinajstić information content (AvgIpc) is 2.83. The number of phenols is 1. The van der Waals surface area contributed by atoms with Gasteiger partial charge in [-0.15, -0.1) is 0 Å². The first-order valence-electron chi connectivity index (χ1n) is 9.53. The fourth-order valence-electron chi connectivity index (χ4n) is 3.22. The molecule has 0 saturated carbocycles. The summed E-state index contributed by atoms with van der Waals surface area (Å²) >= 11 is 12.2. The first kappa shape index (κ1) is 21.6. The van der Waals surface area contributed by atoms with Gasteiger partial charge in [0.1, 0.15) is 0 Å². The van der Waals surface area contributed by atoms with E-state index in [0.717, 1.165) is 5.56 Å². The largest absolute Gasteiger partial charge is 0.504 e. The molecule has 32 heavy (non-hydrogen) atoms. The summed E-state index contributed by atoms with van der Waals surface area (Å²) in [6.45, 7) is 0. The third-order valence-corrected chi connectivity index (χ3v) is 5.60. The molecule has 0 radical (unpaired) electrons. The maximum Gasteiger partial charge on any atom is 0.272 e. The monoisotopic (exact) mass is 465 g/mol. The molecule has 4 rings (SSSR count). The Balaban J connectivity index is 1.69. The molecule has 0 bridgehead atoms. The lowest BCUT2D eigenvalue weighted by atomic mass is 10.0. The van der Waals surface area contributed by atoms with E-state index in [9.17, 15) is 9.90 Å². The van der Waals surface area contributed by atoms with Crippen LogP contribution >= 0.6 is 23.2 Å². The quantitative estimate of drug-likeness (QED) is 0.293. The van der Waals surface area contributed by atoms with Crippen molar-refractivity contribution in [1.82, 2.24) is 10.4 Å². The van der Waals surface area contributed by atoms with Crippen molar-refractivity contribution in [3.63, 3.8) is 0 Å². The van der Waals surface area contributed by atoms with Gasteiger partial charge >= 0.3 is 0 Å². The molecule has 0 aliphatic rings. The van der Waals surface area contributed by atoms with Gasteiger partial charge in [0.2, 0.25) is 0 Å². The van der Waals surface area contributed by atoms with E-state index in [4.69, 9.17) is 27.9 Å². The molecule has 0 aliphatic carbocycles. The third-order valence-electron chi connectivity index (χ3n) is 4.80. The van der Waals surface area contributed by atoms with Crippen LogP contribution in [0.1, 0.15) is 15.9 Å². The Morgan fingerprint density at radius 3 is 2.56 bits per heavy atom. The van der Waals surface area contributed by atoms with E-state index in [0.29, 0.717) is 22.2 Å². The van der Waals surface area contributed by atoms with Crippen LogP contribution in [0, 0.1) is 0 Å². The first-order valence-corrected chi connectivity index (χ1v) is 10.3. The van der Waals surface area contributed by atoms with Gasteiger partial charge in [0.05, 0.1) is 45.7 Å². The predicted octanol–water partition coefficient (Wildman–Crippen LogP) is 5.69. The molecule has 2 N–H and O–H groups in total. The van der Waals surface area contributed by atoms with Gasteiger partial charge in [-0.05, 0) is 12.1 Å². The smallest absolute Gasteiger partial charge is 0.272 e. The van der Waals surface area contributed by atoms with Gasteiger partial charge in [0, 0.05) is 17.0 Å². The number of carbonyl (C=O) groups is 1. The fraction of sp³-hybridized carbons (Fsp3) is 0.0417. The van der Waals surface area contributed by atoms with Crippen molar-refractivity contribution in [3.05, 3.63) is 87.9 Å². The molecule has 0 unspecified atom stereocenters. The lowest BCUT2D eigenvalue weighted by Gasteiger charge is -2.10. The van der Waals surface area contributed by atoms with Crippen LogP contribution in [0.15, 0.2) is 71.8 Å². The van der Waals surface area contributed by atoms with Gasteiger partial charge in [0.25, 0.3) is 5.91 Å². The average molecular weight is 466 g/mol. The molecule has 1 heterocycles. The van der Waals surface area contributed by atoms with Crippen LogP contribution in [0.4, 0.5) is 0 Å². The third kappa shape index (κ3) is 4.23. The second-order valence-electron chi connectivity index (χ2n) is 6.77. The Morgan fingerprint density at radius 2 is 1.81 bits per heavy atom. The van der Waals surface area contributed by atoms with Crippen molar-refractivity contribution in [1.29, 1.82) is 0 Å². The standard InChI is InChI=1S/C24H17Cl2N3O3/c1-32-21-12-18(25)22(26)17(23(21)30)13-27-29-24(31)16-11-20(14-7-3-2-4-8-14)28-19-10-6-5-9-15(16)19/h2-13,30H,1H3,(H,29,31)/b27-13-. The summed E-state index contributed by atoms with van der Waals surface area (Å²) in [6.07, 6.45) is 1.21. The van der Waals surface area contributed by atoms with Crippen molar-refractivity contribution in [2.45, 2.75) is 0 Å². The van der Waals surface area contributed by atoms with Crippen LogP contribution in [0.25, 0.3) is 22.2 Å². The zero-order chi connectivity index (χ0) is 22.7. The second-order valence-corrected chi connectivity index (χ2v) is 7.56. The molecule has 1 aromatic heterocycles. The molecule has 3 aromatic carbocycles. The number of halogens is 2. The number of carbonyl (C=O) groups excluding carboxylic acids is 1. The number of nitrogens with zero attached hydrogens (tertiary/aromatic N) is 2. The van der Waals surface area contributed by atoms with Gasteiger partial charge in [-0.3, -0.25) is 4.79 Å². The molecule has 1 amide bonds. The van der Waals surface area contributed by atoms with Crippen LogP contribution < -0.4 is 10.2 Å². The topological polar surface area (TPSA) is 83.8 Å². The van der Waals surface area contributed by atoms with Gasteiger partial charge in [-0.2, -0.15) is 5.10 Å². The molecular weight excluding hydrogens is 449 g/mol. The molecule has 8 heteroatoms. The number of nitrogens with one attached hydrogen (secondary N) is 1. The Morgan fingerprint density at radius 1 is 1.09 bits per heavy atom. The second kappa shape index (κ2) is 9.26. The number of fused-ring (bicyclic) bond motifs is 1. The highest BCUT2D eigenvalue weighted by molar-refractivity contribution is 6.43. The molecule has 0 aliphatic heterocycles. The fourth-order valence-corrected chi connectivity index (χ4v) is 3.62. The molecule has 0 atom stereocenters. The lowest BCUT2D eigenvalue weighted by Crippen LogP contribution is -2.18. The van der Waals surface area contributed by atoms with Crippen molar-refractivity contribution >= 4 is 46.2 Å². The van der Waals surface area contributed by atoms with Crippen LogP contribution in [0.2, 0.25) is 10.0 Å². The van der Waals surface area contributed by atoms with Crippen molar-refractivity contribution in [2.24, 2.45) is 5.10 Å². The first-order chi connectivity index (χ1) is 15.5. The molecular formula is C24H17Cl2N3O3. The molecule has 0 spiro atoms. The van der Waals surface area contributed by atoms with E-state index in [1.165, 1.54) is 19.4 Å². The maximum absolute atomic E-state index is 13.0. The van der Waals surface area contributed by atoms with E-state index in [2.05, 4.69) is 15.5 Å². The van der Waals surface area contributed by atoms with Crippen molar-refractivity contribution in [3.8, 4) is 22.8 Å². The van der Waals surface area contributed by atoms with Gasteiger partial charge in [0.15, 0.2) is 11.5 Å². The number of amides is 1. The summed E-state index contributed by atoms with van der Waals surface area (Å²) in [4.78, 5) is 17.7.